The Balaban J connectivity index is 2.38. The van der Waals surface area contributed by atoms with Crippen LogP contribution in [0.5, 0.6) is 0 Å². The monoisotopic (exact) mass is 217 g/mol. The Kier molecular flexibility index (Phi) is 1.86. The number of alkyl halides is 1. The van der Waals surface area contributed by atoms with E-state index in [0.29, 0.717) is 0 Å². The Labute approximate surface area is 92.0 Å². The average Bonchev–Trinajstić information content (AvgIpc) is 2.29. The zero-order valence-corrected chi connectivity index (χ0v) is 8.65. The molecule has 15 heavy (non-hydrogen) atoms. The van der Waals surface area contributed by atoms with Crippen LogP contribution in [-0.2, 0) is 0 Å². The summed E-state index contributed by atoms with van der Waals surface area (Å²) in [6.45, 7) is 0. The molecule has 74 valence electrons. The van der Waals surface area contributed by atoms with Crippen molar-refractivity contribution in [3.63, 3.8) is 0 Å². The second-order valence-corrected chi connectivity index (χ2v) is 3.58. The molecule has 1 heterocycles. The van der Waals surface area contributed by atoms with Crippen molar-refractivity contribution in [2.24, 2.45) is 5.11 Å². The van der Waals surface area contributed by atoms with E-state index < -0.39 is 0 Å². The number of rotatable bonds is 1. The van der Waals surface area contributed by atoms with Crippen LogP contribution in [0.4, 0.5) is 11.4 Å². The minimum atomic E-state index is 0.269. The van der Waals surface area contributed by atoms with Gasteiger partial charge in [-0.2, -0.15) is 10.5 Å². The highest BCUT2D eigenvalue weighted by Gasteiger charge is 2.10. The standard InChI is InChI=1S/C11H8ClN3/c12-7-15-13-9-5-1-3-8-4-2-6-10(14-15)11(8)9/h1-6H,7H2. The van der Waals surface area contributed by atoms with E-state index in [1.165, 1.54) is 4.81 Å². The van der Waals surface area contributed by atoms with Crippen molar-refractivity contribution in [1.29, 1.82) is 0 Å². The molecule has 0 fully saturated rings. The summed E-state index contributed by atoms with van der Waals surface area (Å²) in [5.74, 6) is 0. The van der Waals surface area contributed by atoms with Crippen LogP contribution < -0.4 is 0 Å². The normalized spacial score (nSPS) is 13.5. The Bertz CT molecular complexity index is 558. The lowest BCUT2D eigenvalue weighted by Crippen LogP contribution is -2.01. The van der Waals surface area contributed by atoms with Gasteiger partial charge in [-0.1, -0.05) is 36.4 Å². The van der Waals surface area contributed by atoms with E-state index in [1.807, 2.05) is 24.3 Å². The maximum atomic E-state index is 5.72. The van der Waals surface area contributed by atoms with Gasteiger partial charge in [-0.05, 0) is 22.4 Å². The lowest BCUT2D eigenvalue weighted by molar-refractivity contribution is -0.520. The molecule has 3 nitrogen and oxygen atoms in total. The molecule has 4 heteroatoms. The van der Waals surface area contributed by atoms with Gasteiger partial charge in [0.05, 0.1) is 0 Å². The van der Waals surface area contributed by atoms with Crippen LogP contribution in [0.15, 0.2) is 41.5 Å². The molecule has 0 unspecified atom stereocenters. The largest absolute Gasteiger partial charge is 0.237 e. The summed E-state index contributed by atoms with van der Waals surface area (Å²) in [7, 11) is 0. The van der Waals surface area contributed by atoms with E-state index in [0.717, 1.165) is 22.1 Å². The van der Waals surface area contributed by atoms with Gasteiger partial charge in [0, 0.05) is 11.4 Å². The molecule has 0 N–H and O–H groups in total. The highest BCUT2D eigenvalue weighted by Crippen LogP contribution is 2.40. The predicted octanol–water partition coefficient (Wildman–Crippen LogP) is 4.07. The molecule has 0 spiro atoms. The Morgan fingerprint density at radius 3 is 2.80 bits per heavy atom. The molecule has 0 saturated heterocycles. The molecule has 2 aromatic carbocycles. The van der Waals surface area contributed by atoms with Crippen molar-refractivity contribution >= 4 is 33.7 Å². The van der Waals surface area contributed by atoms with Crippen molar-refractivity contribution < 1.29 is 4.81 Å². The first kappa shape index (κ1) is 8.68. The fourth-order valence-electron chi connectivity index (χ4n) is 1.79. The van der Waals surface area contributed by atoms with Crippen LogP contribution in [0, 0.1) is 0 Å². The lowest BCUT2D eigenvalue weighted by Gasteiger charge is -2.18. The minimum absolute atomic E-state index is 0.269. The van der Waals surface area contributed by atoms with Gasteiger partial charge in [-0.3, -0.25) is 0 Å². The topological polar surface area (TPSA) is 29.5 Å². The quantitative estimate of drug-likeness (QED) is 0.392. The third-order valence-electron chi connectivity index (χ3n) is 2.41. The molecule has 1 aliphatic heterocycles. The van der Waals surface area contributed by atoms with E-state index in [1.54, 1.807) is 0 Å². The molecular weight excluding hydrogens is 210 g/mol. The molecule has 0 amide bonds. The zero-order valence-electron chi connectivity index (χ0n) is 7.89. The highest BCUT2D eigenvalue weighted by molar-refractivity contribution is 6.17. The third kappa shape index (κ3) is 1.27. The van der Waals surface area contributed by atoms with Gasteiger partial charge in [-0.25, -0.2) is 0 Å². The maximum Gasteiger partial charge on any atom is 0.237 e. The molecule has 2 aromatic rings. The second kappa shape index (κ2) is 3.21. The smallest absolute Gasteiger partial charge is 0.185 e. The van der Waals surface area contributed by atoms with Crippen LogP contribution in [0.3, 0.4) is 0 Å². The van der Waals surface area contributed by atoms with Crippen molar-refractivity contribution in [3.8, 4) is 0 Å². The van der Waals surface area contributed by atoms with Crippen molar-refractivity contribution in [1.82, 2.24) is 0 Å². The van der Waals surface area contributed by atoms with Crippen molar-refractivity contribution in [2.45, 2.75) is 0 Å². The Hall–Kier alpha value is -1.61. The Morgan fingerprint density at radius 1 is 1.20 bits per heavy atom. The summed E-state index contributed by atoms with van der Waals surface area (Å²) in [4.78, 5) is 1.50. The number of nitrogens with zero attached hydrogens (tertiary/aromatic N) is 3. The van der Waals surface area contributed by atoms with Crippen LogP contribution >= 0.6 is 11.6 Å². The highest BCUT2D eigenvalue weighted by atomic mass is 35.5. The minimum Gasteiger partial charge on any atom is -0.185 e. The first-order valence-corrected chi connectivity index (χ1v) is 5.20. The predicted molar refractivity (Wildman–Crippen MR) is 60.0 cm³/mol. The first-order chi connectivity index (χ1) is 7.38. The van der Waals surface area contributed by atoms with Gasteiger partial charge in [0.25, 0.3) is 0 Å². The molecule has 1 aliphatic rings. The third-order valence-corrected chi connectivity index (χ3v) is 2.63. The molecule has 0 aliphatic carbocycles. The van der Waals surface area contributed by atoms with Crippen LogP contribution in [-0.4, -0.2) is 10.8 Å². The van der Waals surface area contributed by atoms with E-state index in [9.17, 15) is 0 Å². The number of halogens is 1. The number of hydrogen-bond donors (Lipinski definition) is 0. The van der Waals surface area contributed by atoms with Gasteiger partial charge in [0.1, 0.15) is 0 Å². The number of azo groups is 1. The van der Waals surface area contributed by atoms with Crippen LogP contribution in [0.25, 0.3) is 16.2 Å². The summed E-state index contributed by atoms with van der Waals surface area (Å²) in [5.41, 5.74) is 6.18. The van der Waals surface area contributed by atoms with Gasteiger partial charge >= 0.3 is 0 Å². The summed E-state index contributed by atoms with van der Waals surface area (Å²) in [5, 5.41) is 6.57. The molecule has 0 saturated carbocycles. The van der Waals surface area contributed by atoms with Gasteiger partial charge in [-0.15, -0.1) is 4.81 Å². The summed E-state index contributed by atoms with van der Waals surface area (Å²) < 4.78 is 0. The summed E-state index contributed by atoms with van der Waals surface area (Å²) in [6, 6.07) is 12.3. The van der Waals surface area contributed by atoms with Gasteiger partial charge < -0.3 is 0 Å². The fraction of sp³-hybridized carbons (Fsp3) is 0.0909. The van der Waals surface area contributed by atoms with Crippen LogP contribution in [0.2, 0.25) is 0 Å². The number of benzene rings is 2. The molecular formula is C11H8ClN3. The van der Waals surface area contributed by atoms with E-state index >= 15 is 0 Å². The molecule has 0 bridgehead atoms. The lowest BCUT2D eigenvalue weighted by atomic mass is 10.1. The zero-order chi connectivity index (χ0) is 10.3. The van der Waals surface area contributed by atoms with Gasteiger partial charge in [0.2, 0.25) is 6.00 Å². The van der Waals surface area contributed by atoms with E-state index in [2.05, 4.69) is 22.7 Å². The Morgan fingerprint density at radius 2 is 2.00 bits per heavy atom. The second-order valence-electron chi connectivity index (χ2n) is 3.34. The van der Waals surface area contributed by atoms with E-state index in [4.69, 9.17) is 11.6 Å². The van der Waals surface area contributed by atoms with E-state index in [-0.39, 0.29) is 6.00 Å². The average molecular weight is 218 g/mol. The molecule has 0 radical (unpaired) electrons. The fourth-order valence-corrected chi connectivity index (χ4v) is 1.90. The number of hydrogen-bond acceptors (Lipinski definition) is 1. The molecule has 3 rings (SSSR count). The first-order valence-electron chi connectivity index (χ1n) is 4.67. The van der Waals surface area contributed by atoms with Crippen LogP contribution in [0.1, 0.15) is 0 Å². The van der Waals surface area contributed by atoms with Crippen molar-refractivity contribution in [2.75, 3.05) is 6.00 Å². The maximum absolute atomic E-state index is 5.72. The van der Waals surface area contributed by atoms with Crippen molar-refractivity contribution in [3.05, 3.63) is 41.8 Å². The molecule has 0 aromatic heterocycles. The SMILES string of the molecule is ClC[N+]1=Nc2cccc3cccc(c23)[N-]1. The summed E-state index contributed by atoms with van der Waals surface area (Å²) in [6.07, 6.45) is 0. The summed E-state index contributed by atoms with van der Waals surface area (Å²) >= 11 is 5.72. The van der Waals surface area contributed by atoms with Gasteiger partial charge in [0.15, 0.2) is 0 Å². The molecule has 0 atom stereocenters.